The lowest BCUT2D eigenvalue weighted by atomic mass is 9.96. The third-order valence-corrected chi connectivity index (χ3v) is 3.54. The summed E-state index contributed by atoms with van der Waals surface area (Å²) in [6.45, 7) is 1.98. The maximum absolute atomic E-state index is 6.23. The van der Waals surface area contributed by atoms with Gasteiger partial charge in [-0.15, -0.1) is 0 Å². The van der Waals surface area contributed by atoms with Crippen molar-refractivity contribution >= 4 is 23.2 Å². The lowest BCUT2D eigenvalue weighted by molar-refractivity contribution is 0.862. The molecular weight excluding hydrogens is 253 g/mol. The molecule has 2 aromatic rings. The minimum atomic E-state index is -0.175. The highest BCUT2D eigenvalue weighted by atomic mass is 35.5. The van der Waals surface area contributed by atoms with Crippen LogP contribution < -0.4 is 5.73 Å². The van der Waals surface area contributed by atoms with E-state index in [9.17, 15) is 0 Å². The number of hydrogen-bond acceptors (Lipinski definition) is 1. The van der Waals surface area contributed by atoms with E-state index in [1.807, 2.05) is 49.4 Å². The molecule has 0 spiro atoms. The lowest BCUT2D eigenvalue weighted by Crippen LogP contribution is -2.13. The van der Waals surface area contributed by atoms with Crippen LogP contribution in [0.25, 0.3) is 0 Å². The molecule has 0 saturated heterocycles. The predicted octanol–water partition coefficient (Wildman–Crippen LogP) is 4.35. The van der Waals surface area contributed by atoms with Gasteiger partial charge in [0, 0.05) is 10.0 Å². The van der Waals surface area contributed by atoms with Gasteiger partial charge in [-0.05, 0) is 41.8 Å². The average Bonchev–Trinajstić information content (AvgIpc) is 2.33. The Morgan fingerprint density at radius 1 is 1.00 bits per heavy atom. The first-order valence-corrected chi connectivity index (χ1v) is 6.11. The Kier molecular flexibility index (Phi) is 3.72. The fourth-order valence-corrected chi connectivity index (χ4v) is 2.12. The van der Waals surface area contributed by atoms with Gasteiger partial charge in [0.15, 0.2) is 0 Å². The second-order valence-corrected chi connectivity index (χ2v) is 4.83. The highest BCUT2D eigenvalue weighted by Gasteiger charge is 2.12. The molecule has 0 bridgehead atoms. The summed E-state index contributed by atoms with van der Waals surface area (Å²) in [6, 6.07) is 13.2. The Balaban J connectivity index is 2.40. The minimum absolute atomic E-state index is 0.175. The normalized spacial score (nSPS) is 12.5. The summed E-state index contributed by atoms with van der Waals surface area (Å²) in [7, 11) is 0. The molecule has 0 amide bonds. The molecule has 0 saturated carbocycles. The van der Waals surface area contributed by atoms with E-state index in [1.54, 1.807) is 0 Å². The van der Waals surface area contributed by atoms with Gasteiger partial charge in [0.25, 0.3) is 0 Å². The monoisotopic (exact) mass is 265 g/mol. The van der Waals surface area contributed by atoms with Crippen LogP contribution in [0.3, 0.4) is 0 Å². The molecule has 1 unspecified atom stereocenters. The molecule has 2 N–H and O–H groups in total. The van der Waals surface area contributed by atoms with Gasteiger partial charge < -0.3 is 5.73 Å². The van der Waals surface area contributed by atoms with Crippen LogP contribution in [0.4, 0.5) is 0 Å². The van der Waals surface area contributed by atoms with Crippen LogP contribution in [0, 0.1) is 6.92 Å². The van der Waals surface area contributed by atoms with Gasteiger partial charge in [-0.25, -0.2) is 0 Å². The van der Waals surface area contributed by atoms with Crippen molar-refractivity contribution in [2.75, 3.05) is 0 Å². The Bertz CT molecular complexity index is 520. The first-order valence-electron chi connectivity index (χ1n) is 5.35. The highest BCUT2D eigenvalue weighted by molar-refractivity contribution is 6.31. The SMILES string of the molecule is Cc1c(Cl)cccc1C(N)c1ccc(Cl)cc1. The number of benzene rings is 2. The van der Waals surface area contributed by atoms with Gasteiger partial charge >= 0.3 is 0 Å². The molecule has 0 aliphatic carbocycles. The van der Waals surface area contributed by atoms with Crippen molar-refractivity contribution in [1.82, 2.24) is 0 Å². The fraction of sp³-hybridized carbons (Fsp3) is 0.143. The summed E-state index contributed by atoms with van der Waals surface area (Å²) in [5, 5.41) is 1.45. The van der Waals surface area contributed by atoms with Crippen molar-refractivity contribution in [3.63, 3.8) is 0 Å². The number of hydrogen-bond donors (Lipinski definition) is 1. The third-order valence-electron chi connectivity index (χ3n) is 2.87. The zero-order valence-electron chi connectivity index (χ0n) is 9.45. The van der Waals surface area contributed by atoms with Gasteiger partial charge in [-0.1, -0.05) is 47.5 Å². The van der Waals surface area contributed by atoms with Crippen molar-refractivity contribution in [1.29, 1.82) is 0 Å². The van der Waals surface area contributed by atoms with E-state index in [4.69, 9.17) is 28.9 Å². The summed E-state index contributed by atoms with van der Waals surface area (Å²) in [5.74, 6) is 0. The van der Waals surface area contributed by atoms with Crippen LogP contribution in [-0.4, -0.2) is 0 Å². The molecular formula is C14H13Cl2N. The molecule has 17 heavy (non-hydrogen) atoms. The molecule has 88 valence electrons. The second-order valence-electron chi connectivity index (χ2n) is 3.98. The van der Waals surface area contributed by atoms with Crippen LogP contribution >= 0.6 is 23.2 Å². The minimum Gasteiger partial charge on any atom is -0.320 e. The van der Waals surface area contributed by atoms with Crippen molar-refractivity contribution in [2.45, 2.75) is 13.0 Å². The predicted molar refractivity (Wildman–Crippen MR) is 73.7 cm³/mol. The van der Waals surface area contributed by atoms with Crippen molar-refractivity contribution in [3.05, 3.63) is 69.2 Å². The Hall–Kier alpha value is -1.02. The number of nitrogens with two attached hydrogens (primary N) is 1. The molecule has 2 aromatic carbocycles. The van der Waals surface area contributed by atoms with Crippen molar-refractivity contribution < 1.29 is 0 Å². The third kappa shape index (κ3) is 2.63. The fourth-order valence-electron chi connectivity index (χ4n) is 1.81. The van der Waals surface area contributed by atoms with Crippen LogP contribution in [0.5, 0.6) is 0 Å². The van der Waals surface area contributed by atoms with E-state index in [-0.39, 0.29) is 6.04 Å². The molecule has 2 rings (SSSR count). The zero-order chi connectivity index (χ0) is 12.4. The number of halogens is 2. The van der Waals surface area contributed by atoms with Gasteiger partial charge in [0.1, 0.15) is 0 Å². The molecule has 1 atom stereocenters. The van der Waals surface area contributed by atoms with E-state index in [0.29, 0.717) is 5.02 Å². The van der Waals surface area contributed by atoms with E-state index < -0.39 is 0 Å². The molecule has 0 aliphatic heterocycles. The highest BCUT2D eigenvalue weighted by Crippen LogP contribution is 2.27. The summed E-state index contributed by atoms with van der Waals surface area (Å²) >= 11 is 12.0. The van der Waals surface area contributed by atoms with E-state index in [0.717, 1.165) is 21.7 Å². The van der Waals surface area contributed by atoms with Gasteiger partial charge in [0.05, 0.1) is 6.04 Å². The Morgan fingerprint density at radius 2 is 1.65 bits per heavy atom. The van der Waals surface area contributed by atoms with Crippen molar-refractivity contribution in [2.24, 2.45) is 5.73 Å². The summed E-state index contributed by atoms with van der Waals surface area (Å²) < 4.78 is 0. The average molecular weight is 266 g/mol. The van der Waals surface area contributed by atoms with E-state index >= 15 is 0 Å². The van der Waals surface area contributed by atoms with Crippen LogP contribution in [0.15, 0.2) is 42.5 Å². The second kappa shape index (κ2) is 5.09. The topological polar surface area (TPSA) is 26.0 Å². The molecule has 0 aliphatic rings. The molecule has 0 radical (unpaired) electrons. The quantitative estimate of drug-likeness (QED) is 0.859. The van der Waals surface area contributed by atoms with E-state index in [2.05, 4.69) is 0 Å². The molecule has 3 heteroatoms. The summed E-state index contributed by atoms with van der Waals surface area (Å²) in [6.07, 6.45) is 0. The van der Waals surface area contributed by atoms with Crippen molar-refractivity contribution in [3.8, 4) is 0 Å². The molecule has 0 aromatic heterocycles. The Labute approximate surface area is 111 Å². The van der Waals surface area contributed by atoms with E-state index in [1.165, 1.54) is 0 Å². The van der Waals surface area contributed by atoms with Crippen LogP contribution in [0.1, 0.15) is 22.7 Å². The lowest BCUT2D eigenvalue weighted by Gasteiger charge is -2.16. The standard InChI is InChI=1S/C14H13Cl2N/c1-9-12(3-2-4-13(9)16)14(17)10-5-7-11(15)8-6-10/h2-8,14H,17H2,1H3. The Morgan fingerprint density at radius 3 is 2.29 bits per heavy atom. The first-order chi connectivity index (χ1) is 8.09. The van der Waals surface area contributed by atoms with Gasteiger partial charge in [0.2, 0.25) is 0 Å². The molecule has 1 nitrogen and oxygen atoms in total. The zero-order valence-corrected chi connectivity index (χ0v) is 11.0. The summed E-state index contributed by atoms with van der Waals surface area (Å²) in [4.78, 5) is 0. The van der Waals surface area contributed by atoms with Gasteiger partial charge in [-0.2, -0.15) is 0 Å². The summed E-state index contributed by atoms with van der Waals surface area (Å²) in [5.41, 5.74) is 9.33. The number of rotatable bonds is 2. The largest absolute Gasteiger partial charge is 0.320 e. The maximum Gasteiger partial charge on any atom is 0.0554 e. The van der Waals surface area contributed by atoms with Gasteiger partial charge in [-0.3, -0.25) is 0 Å². The molecule has 0 heterocycles. The maximum atomic E-state index is 6.23. The van der Waals surface area contributed by atoms with Crippen LogP contribution in [0.2, 0.25) is 10.0 Å². The van der Waals surface area contributed by atoms with Crippen LogP contribution in [-0.2, 0) is 0 Å². The smallest absolute Gasteiger partial charge is 0.0554 e. The molecule has 0 fully saturated rings. The first kappa shape index (κ1) is 12.4.